The van der Waals surface area contributed by atoms with Gasteiger partial charge in [0, 0.05) is 6.42 Å². The fourth-order valence-corrected chi connectivity index (χ4v) is 1.62. The first-order valence-corrected chi connectivity index (χ1v) is 4.77. The molecular formula is C11H9F3O2. The van der Waals surface area contributed by atoms with E-state index in [4.69, 9.17) is 4.74 Å². The molecule has 0 radical (unpaired) electrons. The number of rotatable bonds is 1. The molecule has 1 heterocycles. The SMILES string of the molecule is O=C1CO[C@H](c2ccc(C(F)(F)F)cc2)C1. The molecule has 16 heavy (non-hydrogen) atoms. The quantitative estimate of drug-likeness (QED) is 0.741. The van der Waals surface area contributed by atoms with Crippen LogP contribution < -0.4 is 0 Å². The number of ether oxygens (including phenoxy) is 1. The van der Waals surface area contributed by atoms with Gasteiger partial charge in [-0.3, -0.25) is 4.79 Å². The van der Waals surface area contributed by atoms with Crippen LogP contribution in [0.3, 0.4) is 0 Å². The van der Waals surface area contributed by atoms with Gasteiger partial charge in [-0.05, 0) is 17.7 Å². The second kappa shape index (κ2) is 3.90. The molecule has 1 aliphatic rings. The number of ketones is 1. The van der Waals surface area contributed by atoms with Crippen molar-refractivity contribution in [1.82, 2.24) is 0 Å². The van der Waals surface area contributed by atoms with Crippen molar-refractivity contribution < 1.29 is 22.7 Å². The number of halogens is 3. The summed E-state index contributed by atoms with van der Waals surface area (Å²) in [6.07, 6.45) is -4.48. The Kier molecular flexibility index (Phi) is 2.71. The summed E-state index contributed by atoms with van der Waals surface area (Å²) in [5.41, 5.74) is -0.0839. The Morgan fingerprint density at radius 3 is 2.25 bits per heavy atom. The summed E-state index contributed by atoms with van der Waals surface area (Å²) in [5.74, 6) is -0.0232. The summed E-state index contributed by atoms with van der Waals surface area (Å²) >= 11 is 0. The minimum atomic E-state index is -4.33. The number of alkyl halides is 3. The third-order valence-electron chi connectivity index (χ3n) is 2.47. The maximum atomic E-state index is 12.3. The first kappa shape index (κ1) is 11.1. The van der Waals surface area contributed by atoms with Crippen molar-refractivity contribution in [3.05, 3.63) is 35.4 Å². The van der Waals surface area contributed by atoms with Gasteiger partial charge >= 0.3 is 6.18 Å². The number of hydrogen-bond donors (Lipinski definition) is 0. The molecule has 2 nitrogen and oxygen atoms in total. The van der Waals surface area contributed by atoms with Gasteiger partial charge in [-0.25, -0.2) is 0 Å². The third kappa shape index (κ3) is 2.24. The van der Waals surface area contributed by atoms with E-state index in [-0.39, 0.29) is 18.8 Å². The highest BCUT2D eigenvalue weighted by Gasteiger charge is 2.31. The van der Waals surface area contributed by atoms with Crippen LogP contribution in [0.4, 0.5) is 13.2 Å². The lowest BCUT2D eigenvalue weighted by atomic mass is 10.0. The third-order valence-corrected chi connectivity index (χ3v) is 2.47. The molecule has 1 atom stereocenters. The molecule has 86 valence electrons. The first-order valence-electron chi connectivity index (χ1n) is 4.77. The van der Waals surface area contributed by atoms with Crippen LogP contribution in [-0.4, -0.2) is 12.4 Å². The highest BCUT2D eigenvalue weighted by atomic mass is 19.4. The lowest BCUT2D eigenvalue weighted by molar-refractivity contribution is -0.137. The average molecular weight is 230 g/mol. The van der Waals surface area contributed by atoms with E-state index >= 15 is 0 Å². The first-order chi connectivity index (χ1) is 7.47. The minimum Gasteiger partial charge on any atom is -0.365 e. The van der Waals surface area contributed by atoms with Crippen LogP contribution in [0.5, 0.6) is 0 Å². The van der Waals surface area contributed by atoms with Crippen molar-refractivity contribution in [2.45, 2.75) is 18.7 Å². The molecule has 1 aromatic rings. The molecule has 2 rings (SSSR count). The van der Waals surface area contributed by atoms with Crippen molar-refractivity contribution in [2.24, 2.45) is 0 Å². The van der Waals surface area contributed by atoms with E-state index in [1.807, 2.05) is 0 Å². The highest BCUT2D eigenvalue weighted by molar-refractivity contribution is 5.82. The van der Waals surface area contributed by atoms with Gasteiger partial charge in [0.05, 0.1) is 11.7 Å². The van der Waals surface area contributed by atoms with Gasteiger partial charge < -0.3 is 4.74 Å². The Labute approximate surface area is 90.0 Å². The lowest BCUT2D eigenvalue weighted by Gasteiger charge is -2.11. The van der Waals surface area contributed by atoms with Crippen molar-refractivity contribution in [2.75, 3.05) is 6.61 Å². The van der Waals surface area contributed by atoms with E-state index in [2.05, 4.69) is 0 Å². The number of hydrogen-bond acceptors (Lipinski definition) is 2. The fraction of sp³-hybridized carbons (Fsp3) is 0.364. The predicted molar refractivity (Wildman–Crippen MR) is 49.8 cm³/mol. The number of Topliss-reactive ketones (excluding diaryl/α,β-unsaturated/α-hetero) is 1. The zero-order chi connectivity index (χ0) is 11.8. The van der Waals surface area contributed by atoms with Crippen molar-refractivity contribution in [3.8, 4) is 0 Å². The molecule has 0 spiro atoms. The molecule has 0 unspecified atom stereocenters. The van der Waals surface area contributed by atoms with Gasteiger partial charge in [0.25, 0.3) is 0 Å². The molecule has 1 aromatic carbocycles. The lowest BCUT2D eigenvalue weighted by Crippen LogP contribution is -2.05. The maximum absolute atomic E-state index is 12.3. The molecule has 0 aromatic heterocycles. The summed E-state index contributed by atoms with van der Waals surface area (Å²) in [6.45, 7) is 0.0473. The molecule has 0 N–H and O–H groups in total. The van der Waals surface area contributed by atoms with Gasteiger partial charge in [0.2, 0.25) is 0 Å². The molecule has 0 aliphatic carbocycles. The van der Waals surface area contributed by atoms with Crippen molar-refractivity contribution in [1.29, 1.82) is 0 Å². The van der Waals surface area contributed by atoms with Crippen LogP contribution in [0.25, 0.3) is 0 Å². The van der Waals surface area contributed by atoms with Gasteiger partial charge in [-0.15, -0.1) is 0 Å². The van der Waals surface area contributed by atoms with Gasteiger partial charge in [0.1, 0.15) is 6.61 Å². The molecule has 0 amide bonds. The zero-order valence-corrected chi connectivity index (χ0v) is 8.25. The molecule has 0 saturated carbocycles. The fourth-order valence-electron chi connectivity index (χ4n) is 1.62. The topological polar surface area (TPSA) is 26.3 Å². The second-order valence-corrected chi connectivity index (χ2v) is 3.66. The number of carbonyl (C=O) groups is 1. The monoisotopic (exact) mass is 230 g/mol. The molecule has 1 aliphatic heterocycles. The predicted octanol–water partition coefficient (Wildman–Crippen LogP) is 2.74. The molecule has 0 bridgehead atoms. The number of carbonyl (C=O) groups excluding carboxylic acids is 1. The summed E-state index contributed by atoms with van der Waals surface area (Å²) < 4.78 is 42.0. The van der Waals surface area contributed by atoms with Crippen LogP contribution in [0.2, 0.25) is 0 Å². The second-order valence-electron chi connectivity index (χ2n) is 3.66. The standard InChI is InChI=1S/C11H9F3O2/c12-11(13,14)8-3-1-7(2-4-8)10-5-9(15)6-16-10/h1-4,10H,5-6H2/t10-/m0/s1. The van der Waals surface area contributed by atoms with Crippen molar-refractivity contribution >= 4 is 5.78 Å². The summed E-state index contributed by atoms with van der Waals surface area (Å²) in [7, 11) is 0. The molecule has 1 saturated heterocycles. The van der Waals surface area contributed by atoms with E-state index in [0.717, 1.165) is 12.1 Å². The highest BCUT2D eigenvalue weighted by Crippen LogP contribution is 2.32. The van der Waals surface area contributed by atoms with Crippen LogP contribution in [0.1, 0.15) is 23.7 Å². The molecule has 1 fully saturated rings. The minimum absolute atomic E-state index is 0.0232. The normalized spacial score (nSPS) is 21.4. The van der Waals surface area contributed by atoms with Crippen molar-refractivity contribution in [3.63, 3.8) is 0 Å². The van der Waals surface area contributed by atoms with Crippen LogP contribution in [0.15, 0.2) is 24.3 Å². The zero-order valence-electron chi connectivity index (χ0n) is 8.25. The van der Waals surface area contributed by atoms with Gasteiger partial charge in [0.15, 0.2) is 5.78 Å². The van der Waals surface area contributed by atoms with Crippen LogP contribution >= 0.6 is 0 Å². The summed E-state index contributed by atoms with van der Waals surface area (Å²) in [6, 6.07) is 4.71. The van der Waals surface area contributed by atoms with E-state index in [1.165, 1.54) is 12.1 Å². The Morgan fingerprint density at radius 1 is 1.19 bits per heavy atom. The smallest absolute Gasteiger partial charge is 0.365 e. The van der Waals surface area contributed by atoms with Crippen LogP contribution in [0, 0.1) is 0 Å². The summed E-state index contributed by atoms with van der Waals surface area (Å²) in [4.78, 5) is 10.9. The number of benzene rings is 1. The Bertz CT molecular complexity index is 395. The van der Waals surface area contributed by atoms with E-state index < -0.39 is 17.8 Å². The van der Waals surface area contributed by atoms with Crippen LogP contribution in [-0.2, 0) is 15.7 Å². The maximum Gasteiger partial charge on any atom is 0.416 e. The van der Waals surface area contributed by atoms with Gasteiger partial charge in [-0.1, -0.05) is 12.1 Å². The Morgan fingerprint density at radius 2 is 1.81 bits per heavy atom. The Balaban J connectivity index is 2.17. The molecular weight excluding hydrogens is 221 g/mol. The average Bonchev–Trinajstić information content (AvgIpc) is 2.64. The van der Waals surface area contributed by atoms with E-state index in [0.29, 0.717) is 5.56 Å². The summed E-state index contributed by atoms with van der Waals surface area (Å²) in [5, 5.41) is 0. The van der Waals surface area contributed by atoms with Gasteiger partial charge in [-0.2, -0.15) is 13.2 Å². The Hall–Kier alpha value is -1.36. The largest absolute Gasteiger partial charge is 0.416 e. The van der Waals surface area contributed by atoms with E-state index in [9.17, 15) is 18.0 Å². The van der Waals surface area contributed by atoms with E-state index in [1.54, 1.807) is 0 Å². The molecule has 5 heteroatoms.